The van der Waals surface area contributed by atoms with Gasteiger partial charge in [-0.1, -0.05) is 12.1 Å². The number of rotatable bonds is 2. The summed E-state index contributed by atoms with van der Waals surface area (Å²) in [6, 6.07) is 7.78. The van der Waals surface area contributed by atoms with Crippen LogP contribution in [0.3, 0.4) is 0 Å². The molecule has 0 aliphatic heterocycles. The van der Waals surface area contributed by atoms with Crippen LogP contribution in [0, 0.1) is 0 Å². The van der Waals surface area contributed by atoms with Gasteiger partial charge in [0.2, 0.25) is 5.76 Å². The lowest BCUT2D eigenvalue weighted by atomic mass is 10.2. The first kappa shape index (κ1) is 11.3. The molecule has 5 nitrogen and oxygen atoms in total. The van der Waals surface area contributed by atoms with Crippen LogP contribution >= 0.6 is 0 Å². The SMILES string of the molecule is CC(N)OC(=O)c1cc(=O)c2ccccc2o1. The van der Waals surface area contributed by atoms with Crippen molar-refractivity contribution in [3.8, 4) is 0 Å². The molecule has 1 aromatic heterocycles. The number of fused-ring (bicyclic) bond motifs is 1. The zero-order chi connectivity index (χ0) is 12.4. The molecule has 0 fully saturated rings. The summed E-state index contributed by atoms with van der Waals surface area (Å²) in [6.45, 7) is 1.51. The quantitative estimate of drug-likeness (QED) is 0.623. The Morgan fingerprint density at radius 2 is 2.12 bits per heavy atom. The van der Waals surface area contributed by atoms with Crippen molar-refractivity contribution >= 4 is 16.9 Å². The topological polar surface area (TPSA) is 82.5 Å². The molecule has 0 bridgehead atoms. The molecule has 0 saturated heterocycles. The fourth-order valence-electron chi connectivity index (χ4n) is 1.43. The van der Waals surface area contributed by atoms with Crippen LogP contribution in [0.1, 0.15) is 17.5 Å². The molecular weight excluding hydrogens is 222 g/mol. The Morgan fingerprint density at radius 1 is 1.41 bits per heavy atom. The highest BCUT2D eigenvalue weighted by molar-refractivity contribution is 5.88. The van der Waals surface area contributed by atoms with Gasteiger partial charge < -0.3 is 9.15 Å². The summed E-state index contributed by atoms with van der Waals surface area (Å²) in [5, 5.41) is 0.421. The highest BCUT2D eigenvalue weighted by atomic mass is 16.6. The first-order valence-corrected chi connectivity index (χ1v) is 5.07. The highest BCUT2D eigenvalue weighted by Crippen LogP contribution is 2.12. The van der Waals surface area contributed by atoms with Crippen molar-refractivity contribution in [2.45, 2.75) is 13.2 Å². The Bertz CT molecular complexity index is 615. The number of esters is 1. The summed E-state index contributed by atoms with van der Waals surface area (Å²) in [6.07, 6.45) is -0.751. The normalized spacial score (nSPS) is 12.4. The molecule has 5 heteroatoms. The average molecular weight is 233 g/mol. The van der Waals surface area contributed by atoms with Crippen LogP contribution in [-0.4, -0.2) is 12.2 Å². The summed E-state index contributed by atoms with van der Waals surface area (Å²) in [4.78, 5) is 23.2. The number of ether oxygens (including phenoxy) is 1. The number of para-hydroxylation sites is 1. The average Bonchev–Trinajstić information content (AvgIpc) is 2.28. The molecule has 17 heavy (non-hydrogen) atoms. The van der Waals surface area contributed by atoms with Gasteiger partial charge in [0.1, 0.15) is 11.8 Å². The van der Waals surface area contributed by atoms with Crippen molar-refractivity contribution in [3.05, 3.63) is 46.3 Å². The summed E-state index contributed by atoms with van der Waals surface area (Å²) >= 11 is 0. The molecule has 1 heterocycles. The van der Waals surface area contributed by atoms with E-state index < -0.39 is 12.2 Å². The largest absolute Gasteiger partial charge is 0.449 e. The number of benzene rings is 1. The minimum atomic E-state index is -0.751. The van der Waals surface area contributed by atoms with Crippen LogP contribution in [-0.2, 0) is 4.74 Å². The molecule has 0 spiro atoms. The molecular formula is C12H11NO4. The maximum Gasteiger partial charge on any atom is 0.375 e. The third kappa shape index (κ3) is 2.34. The number of hydrogen-bond donors (Lipinski definition) is 1. The van der Waals surface area contributed by atoms with E-state index in [1.807, 2.05) is 0 Å². The number of carbonyl (C=O) groups excluding carboxylic acids is 1. The Balaban J connectivity index is 2.50. The van der Waals surface area contributed by atoms with Gasteiger partial charge in [0.25, 0.3) is 0 Å². The van der Waals surface area contributed by atoms with E-state index in [0.717, 1.165) is 6.07 Å². The van der Waals surface area contributed by atoms with Crippen LogP contribution in [0.5, 0.6) is 0 Å². The van der Waals surface area contributed by atoms with Gasteiger partial charge in [0.05, 0.1) is 5.39 Å². The van der Waals surface area contributed by atoms with Crippen molar-refractivity contribution in [1.29, 1.82) is 0 Å². The second kappa shape index (κ2) is 4.39. The van der Waals surface area contributed by atoms with E-state index in [4.69, 9.17) is 14.9 Å². The van der Waals surface area contributed by atoms with E-state index in [9.17, 15) is 9.59 Å². The van der Waals surface area contributed by atoms with Gasteiger partial charge in [-0.3, -0.25) is 10.5 Å². The van der Waals surface area contributed by atoms with Gasteiger partial charge in [0.15, 0.2) is 5.43 Å². The first-order valence-electron chi connectivity index (χ1n) is 5.07. The van der Waals surface area contributed by atoms with Crippen molar-refractivity contribution in [2.24, 2.45) is 5.73 Å². The van der Waals surface area contributed by atoms with Crippen molar-refractivity contribution in [1.82, 2.24) is 0 Å². The molecule has 2 N–H and O–H groups in total. The summed E-state index contributed by atoms with van der Waals surface area (Å²) < 4.78 is 10.0. The van der Waals surface area contributed by atoms with E-state index in [-0.39, 0.29) is 11.2 Å². The van der Waals surface area contributed by atoms with Crippen LogP contribution in [0.25, 0.3) is 11.0 Å². The predicted molar refractivity (Wildman–Crippen MR) is 61.5 cm³/mol. The lowest BCUT2D eigenvalue weighted by molar-refractivity contribution is 0.0319. The smallest absolute Gasteiger partial charge is 0.375 e. The third-order valence-corrected chi connectivity index (χ3v) is 2.13. The molecule has 1 unspecified atom stereocenters. The molecule has 0 saturated carbocycles. The molecule has 88 valence electrons. The van der Waals surface area contributed by atoms with Crippen LogP contribution in [0.15, 0.2) is 39.5 Å². The van der Waals surface area contributed by atoms with Crippen LogP contribution in [0.4, 0.5) is 0 Å². The summed E-state index contributed by atoms with van der Waals surface area (Å²) in [5.74, 6) is -0.895. The molecule has 2 rings (SSSR count). The second-order valence-corrected chi connectivity index (χ2v) is 3.58. The zero-order valence-electron chi connectivity index (χ0n) is 9.17. The molecule has 0 aliphatic carbocycles. The Labute approximate surface area is 96.8 Å². The van der Waals surface area contributed by atoms with Crippen LogP contribution < -0.4 is 11.2 Å². The molecule has 1 atom stereocenters. The van der Waals surface area contributed by atoms with Gasteiger partial charge in [0, 0.05) is 6.07 Å². The Morgan fingerprint density at radius 3 is 2.82 bits per heavy atom. The molecule has 2 aromatic rings. The Kier molecular flexibility index (Phi) is 2.93. The van der Waals surface area contributed by atoms with Crippen LogP contribution in [0.2, 0.25) is 0 Å². The minimum Gasteiger partial charge on any atom is -0.449 e. The standard InChI is InChI=1S/C12H11NO4/c1-7(13)16-12(15)11-6-9(14)8-4-2-3-5-10(8)17-11/h2-7H,13H2,1H3. The third-order valence-electron chi connectivity index (χ3n) is 2.13. The van der Waals surface area contributed by atoms with Gasteiger partial charge in [-0.25, -0.2) is 4.79 Å². The van der Waals surface area contributed by atoms with Gasteiger partial charge >= 0.3 is 5.97 Å². The van der Waals surface area contributed by atoms with Crippen molar-refractivity contribution in [3.63, 3.8) is 0 Å². The summed E-state index contributed by atoms with van der Waals surface area (Å²) in [7, 11) is 0. The van der Waals surface area contributed by atoms with E-state index >= 15 is 0 Å². The predicted octanol–water partition coefficient (Wildman–Crippen LogP) is 1.25. The zero-order valence-corrected chi connectivity index (χ0v) is 9.17. The maximum absolute atomic E-state index is 11.7. The number of hydrogen-bond acceptors (Lipinski definition) is 5. The fraction of sp³-hybridized carbons (Fsp3) is 0.167. The lowest BCUT2D eigenvalue weighted by Gasteiger charge is -2.07. The first-order chi connectivity index (χ1) is 8.08. The Hall–Kier alpha value is -2.14. The minimum absolute atomic E-state index is 0.147. The van der Waals surface area contributed by atoms with E-state index in [0.29, 0.717) is 11.0 Å². The monoisotopic (exact) mass is 233 g/mol. The van der Waals surface area contributed by atoms with E-state index in [1.165, 1.54) is 6.92 Å². The second-order valence-electron chi connectivity index (χ2n) is 3.58. The molecule has 0 aliphatic rings. The highest BCUT2D eigenvalue weighted by Gasteiger charge is 2.14. The molecule has 0 radical (unpaired) electrons. The van der Waals surface area contributed by atoms with Gasteiger partial charge in [-0.2, -0.15) is 0 Å². The lowest BCUT2D eigenvalue weighted by Crippen LogP contribution is -2.24. The van der Waals surface area contributed by atoms with Crippen molar-refractivity contribution < 1.29 is 13.9 Å². The number of nitrogens with two attached hydrogens (primary N) is 1. The van der Waals surface area contributed by atoms with E-state index in [2.05, 4.69) is 0 Å². The molecule has 0 amide bonds. The summed E-state index contributed by atoms with van der Waals surface area (Å²) in [5.41, 5.74) is 5.37. The molecule has 1 aromatic carbocycles. The van der Waals surface area contributed by atoms with Crippen molar-refractivity contribution in [2.75, 3.05) is 0 Å². The van der Waals surface area contributed by atoms with E-state index in [1.54, 1.807) is 24.3 Å². The van der Waals surface area contributed by atoms with Gasteiger partial charge in [-0.15, -0.1) is 0 Å². The number of carbonyl (C=O) groups is 1. The van der Waals surface area contributed by atoms with Gasteiger partial charge in [-0.05, 0) is 19.1 Å². The maximum atomic E-state index is 11.7. The fourth-order valence-corrected chi connectivity index (χ4v) is 1.43.